The summed E-state index contributed by atoms with van der Waals surface area (Å²) in [5, 5.41) is 0. The summed E-state index contributed by atoms with van der Waals surface area (Å²) in [6.07, 6.45) is 1.88. The van der Waals surface area contributed by atoms with Crippen molar-refractivity contribution >= 4 is 28.9 Å². The highest BCUT2D eigenvalue weighted by Crippen LogP contribution is 2.22. The Bertz CT molecular complexity index is 358. The third kappa shape index (κ3) is 3.47. The van der Waals surface area contributed by atoms with E-state index in [1.165, 1.54) is 11.3 Å². The Hall–Kier alpha value is -0.580. The van der Waals surface area contributed by atoms with Crippen LogP contribution < -0.4 is 0 Å². The molecule has 1 aliphatic rings. The second kappa shape index (κ2) is 5.66. The maximum absolute atomic E-state index is 11.5. The number of carbonyl (C=O) groups excluding carboxylic acids is 1. The number of hydrogen-bond donors (Lipinski definition) is 0. The molecule has 1 aromatic rings. The van der Waals surface area contributed by atoms with Gasteiger partial charge in [-0.25, -0.2) is 0 Å². The van der Waals surface area contributed by atoms with Gasteiger partial charge in [-0.1, -0.05) is 11.6 Å². The predicted molar refractivity (Wildman–Crippen MR) is 63.0 cm³/mol. The normalized spacial score (nSPS) is 19.9. The van der Waals surface area contributed by atoms with E-state index in [9.17, 15) is 4.79 Å². The van der Waals surface area contributed by atoms with E-state index in [1.54, 1.807) is 0 Å². The number of ether oxygens (including phenoxy) is 2. The van der Waals surface area contributed by atoms with Gasteiger partial charge in [0.05, 0.1) is 24.0 Å². The van der Waals surface area contributed by atoms with Crippen LogP contribution in [-0.4, -0.2) is 25.3 Å². The highest BCUT2D eigenvalue weighted by Gasteiger charge is 2.19. The fraction of sp³-hybridized carbons (Fsp3) is 0.545. The Labute approximate surface area is 103 Å². The minimum absolute atomic E-state index is 0.0422. The molecule has 0 unspecified atom stereocenters. The number of thiophene rings is 1. The van der Waals surface area contributed by atoms with Crippen molar-refractivity contribution in [1.82, 2.24) is 0 Å². The van der Waals surface area contributed by atoms with Crippen LogP contribution in [0.15, 0.2) is 12.1 Å². The Kier molecular flexibility index (Phi) is 4.21. The first-order valence-electron chi connectivity index (χ1n) is 5.25. The zero-order chi connectivity index (χ0) is 11.4. The minimum Gasteiger partial charge on any atom is -0.460 e. The fourth-order valence-corrected chi connectivity index (χ4v) is 2.65. The molecule has 0 saturated carbocycles. The second-order valence-corrected chi connectivity index (χ2v) is 5.48. The number of hydrogen-bond acceptors (Lipinski definition) is 4. The number of halogens is 1. The first-order valence-corrected chi connectivity index (χ1v) is 6.45. The smallest absolute Gasteiger partial charge is 0.306 e. The van der Waals surface area contributed by atoms with Crippen LogP contribution in [0.25, 0.3) is 0 Å². The summed E-state index contributed by atoms with van der Waals surface area (Å²) in [6.45, 7) is 1.23. The number of rotatable bonds is 4. The van der Waals surface area contributed by atoms with Gasteiger partial charge in [-0.15, -0.1) is 11.3 Å². The average Bonchev–Trinajstić information content (AvgIpc) is 2.87. The first-order chi connectivity index (χ1) is 7.74. The molecule has 1 aromatic heterocycles. The summed E-state index contributed by atoms with van der Waals surface area (Å²) in [5.41, 5.74) is 0. The van der Waals surface area contributed by atoms with E-state index in [2.05, 4.69) is 0 Å². The summed E-state index contributed by atoms with van der Waals surface area (Å²) < 4.78 is 11.1. The van der Waals surface area contributed by atoms with Gasteiger partial charge in [0.1, 0.15) is 6.10 Å². The van der Waals surface area contributed by atoms with Gasteiger partial charge in [0, 0.05) is 11.3 Å². The van der Waals surface area contributed by atoms with Crippen molar-refractivity contribution in [3.8, 4) is 0 Å². The lowest BCUT2D eigenvalue weighted by Gasteiger charge is -2.09. The molecule has 0 spiro atoms. The van der Waals surface area contributed by atoms with Crippen LogP contribution in [0, 0.1) is 0 Å². The van der Waals surface area contributed by atoms with E-state index >= 15 is 0 Å². The van der Waals surface area contributed by atoms with Crippen molar-refractivity contribution in [1.29, 1.82) is 0 Å². The lowest BCUT2D eigenvalue weighted by atomic mass is 10.2. The van der Waals surface area contributed by atoms with E-state index in [-0.39, 0.29) is 12.1 Å². The standard InChI is InChI=1S/C11H13ClO3S/c12-10-3-1-9(16-10)2-4-11(13)15-8-5-6-14-7-8/h1,3,8H,2,4-7H2/t8-/m0/s1. The molecule has 0 amide bonds. The fourth-order valence-electron chi connectivity index (χ4n) is 1.56. The molecular weight excluding hydrogens is 248 g/mol. The number of esters is 1. The highest BCUT2D eigenvalue weighted by atomic mass is 35.5. The van der Waals surface area contributed by atoms with Crippen LogP contribution in [-0.2, 0) is 20.7 Å². The largest absolute Gasteiger partial charge is 0.460 e. The van der Waals surface area contributed by atoms with Crippen molar-refractivity contribution in [2.24, 2.45) is 0 Å². The topological polar surface area (TPSA) is 35.5 Å². The van der Waals surface area contributed by atoms with Gasteiger partial charge >= 0.3 is 5.97 Å². The van der Waals surface area contributed by atoms with Gasteiger partial charge < -0.3 is 9.47 Å². The monoisotopic (exact) mass is 260 g/mol. The van der Waals surface area contributed by atoms with Gasteiger partial charge in [-0.3, -0.25) is 4.79 Å². The lowest BCUT2D eigenvalue weighted by molar-refractivity contribution is -0.148. The zero-order valence-corrected chi connectivity index (χ0v) is 10.4. The first kappa shape index (κ1) is 11.9. The van der Waals surface area contributed by atoms with Crippen molar-refractivity contribution in [3.63, 3.8) is 0 Å². The Morgan fingerprint density at radius 1 is 1.62 bits per heavy atom. The molecule has 88 valence electrons. The molecule has 0 aromatic carbocycles. The molecule has 1 atom stereocenters. The minimum atomic E-state index is -0.153. The lowest BCUT2D eigenvalue weighted by Crippen LogP contribution is -2.18. The zero-order valence-electron chi connectivity index (χ0n) is 8.78. The molecule has 3 nitrogen and oxygen atoms in total. The molecule has 1 fully saturated rings. The van der Waals surface area contributed by atoms with E-state index in [0.29, 0.717) is 26.1 Å². The quantitative estimate of drug-likeness (QED) is 0.781. The van der Waals surface area contributed by atoms with Crippen LogP contribution in [0.3, 0.4) is 0 Å². The second-order valence-electron chi connectivity index (χ2n) is 3.68. The van der Waals surface area contributed by atoms with Gasteiger partial charge in [0.2, 0.25) is 0 Å². The van der Waals surface area contributed by atoms with E-state index < -0.39 is 0 Å². The van der Waals surface area contributed by atoms with Crippen molar-refractivity contribution in [2.45, 2.75) is 25.4 Å². The number of carbonyl (C=O) groups is 1. The molecule has 0 bridgehead atoms. The number of aryl methyl sites for hydroxylation is 1. The molecule has 0 N–H and O–H groups in total. The summed E-state index contributed by atoms with van der Waals surface area (Å²) in [7, 11) is 0. The molecule has 16 heavy (non-hydrogen) atoms. The van der Waals surface area contributed by atoms with Crippen molar-refractivity contribution < 1.29 is 14.3 Å². The van der Waals surface area contributed by atoms with Gasteiger partial charge in [-0.2, -0.15) is 0 Å². The molecule has 0 radical (unpaired) electrons. The van der Waals surface area contributed by atoms with Gasteiger partial charge in [-0.05, 0) is 18.6 Å². The predicted octanol–water partition coefficient (Wildman–Crippen LogP) is 2.67. The molecule has 2 heterocycles. The van der Waals surface area contributed by atoms with E-state index in [1.807, 2.05) is 12.1 Å². The molecule has 0 aliphatic carbocycles. The Morgan fingerprint density at radius 3 is 3.12 bits per heavy atom. The summed E-state index contributed by atoms with van der Waals surface area (Å²) >= 11 is 7.30. The van der Waals surface area contributed by atoms with E-state index in [4.69, 9.17) is 21.1 Å². The summed E-state index contributed by atoms with van der Waals surface area (Å²) in [5.74, 6) is -0.153. The van der Waals surface area contributed by atoms with Crippen LogP contribution >= 0.6 is 22.9 Å². The van der Waals surface area contributed by atoms with Crippen LogP contribution in [0.2, 0.25) is 4.34 Å². The third-order valence-electron chi connectivity index (χ3n) is 2.39. The van der Waals surface area contributed by atoms with Crippen LogP contribution in [0.1, 0.15) is 17.7 Å². The SMILES string of the molecule is O=C(CCc1ccc(Cl)s1)O[C@H]1CCOC1. The maximum atomic E-state index is 11.5. The Balaban J connectivity index is 1.71. The van der Waals surface area contributed by atoms with Crippen LogP contribution in [0.5, 0.6) is 0 Å². The van der Waals surface area contributed by atoms with Crippen molar-refractivity contribution in [2.75, 3.05) is 13.2 Å². The summed E-state index contributed by atoms with van der Waals surface area (Å²) in [4.78, 5) is 12.6. The van der Waals surface area contributed by atoms with Gasteiger partial charge in [0.15, 0.2) is 0 Å². The average molecular weight is 261 g/mol. The highest BCUT2D eigenvalue weighted by molar-refractivity contribution is 7.16. The summed E-state index contributed by atoms with van der Waals surface area (Å²) in [6, 6.07) is 3.79. The molecule has 1 saturated heterocycles. The van der Waals surface area contributed by atoms with Gasteiger partial charge in [0.25, 0.3) is 0 Å². The van der Waals surface area contributed by atoms with E-state index in [0.717, 1.165) is 15.6 Å². The van der Waals surface area contributed by atoms with Crippen LogP contribution in [0.4, 0.5) is 0 Å². The van der Waals surface area contributed by atoms with Crippen molar-refractivity contribution in [3.05, 3.63) is 21.3 Å². The third-order valence-corrected chi connectivity index (χ3v) is 3.68. The Morgan fingerprint density at radius 2 is 2.50 bits per heavy atom. The molecule has 1 aliphatic heterocycles. The molecular formula is C11H13ClO3S. The maximum Gasteiger partial charge on any atom is 0.306 e. The molecule has 5 heteroatoms. The molecule has 2 rings (SSSR count).